The molecule has 8 heteroatoms. The van der Waals surface area contributed by atoms with Gasteiger partial charge in [0.2, 0.25) is 12.1 Å². The molecular formula is C11H9F4N3O. The van der Waals surface area contributed by atoms with Crippen molar-refractivity contribution < 1.29 is 22.7 Å². The van der Waals surface area contributed by atoms with Crippen LogP contribution in [-0.2, 0) is 6.42 Å². The zero-order valence-corrected chi connectivity index (χ0v) is 9.45. The average Bonchev–Trinajstić information content (AvgIpc) is 2.75. The van der Waals surface area contributed by atoms with Crippen LogP contribution in [0.1, 0.15) is 23.2 Å². The Kier molecular flexibility index (Phi) is 3.52. The van der Waals surface area contributed by atoms with Crippen molar-refractivity contribution in [1.82, 2.24) is 15.0 Å². The van der Waals surface area contributed by atoms with E-state index >= 15 is 0 Å². The molecule has 2 N–H and O–H groups in total. The van der Waals surface area contributed by atoms with Crippen LogP contribution in [0.5, 0.6) is 0 Å². The fourth-order valence-electron chi connectivity index (χ4n) is 1.53. The van der Waals surface area contributed by atoms with Gasteiger partial charge in [0.15, 0.2) is 0 Å². The monoisotopic (exact) mass is 275 g/mol. The summed E-state index contributed by atoms with van der Waals surface area (Å²) in [6.07, 6.45) is -4.85. The molecule has 0 saturated carbocycles. The van der Waals surface area contributed by atoms with Gasteiger partial charge < -0.3 is 10.1 Å². The van der Waals surface area contributed by atoms with E-state index in [0.29, 0.717) is 11.3 Å². The Hall–Kier alpha value is -1.96. The van der Waals surface area contributed by atoms with E-state index in [0.717, 1.165) is 0 Å². The van der Waals surface area contributed by atoms with Gasteiger partial charge in [-0.2, -0.15) is 17.6 Å². The van der Waals surface area contributed by atoms with Gasteiger partial charge in [-0.15, -0.1) is 0 Å². The Labute approximate surface area is 105 Å². The third kappa shape index (κ3) is 3.28. The summed E-state index contributed by atoms with van der Waals surface area (Å²) >= 11 is 0. The Balaban J connectivity index is 2.14. The van der Waals surface area contributed by atoms with E-state index in [2.05, 4.69) is 15.0 Å². The highest BCUT2D eigenvalue weighted by Crippen LogP contribution is 2.30. The zero-order valence-electron chi connectivity index (χ0n) is 9.45. The molecule has 2 heterocycles. The van der Waals surface area contributed by atoms with Gasteiger partial charge in [-0.05, 0) is 17.7 Å². The second kappa shape index (κ2) is 4.96. The molecule has 0 bridgehead atoms. The molecule has 0 radical (unpaired) electrons. The first kappa shape index (κ1) is 13.5. The molecule has 2 aromatic rings. The number of rotatable bonds is 3. The number of aromatic amines is 1. The van der Waals surface area contributed by atoms with Gasteiger partial charge >= 0.3 is 6.18 Å². The van der Waals surface area contributed by atoms with E-state index in [9.17, 15) is 17.6 Å². The number of alkyl halides is 3. The lowest BCUT2D eigenvalue weighted by molar-refractivity contribution is -0.209. The smallest absolute Gasteiger partial charge is 0.377 e. The number of aliphatic hydroxyl groups excluding tert-OH is 1. The fourth-order valence-corrected chi connectivity index (χ4v) is 1.53. The van der Waals surface area contributed by atoms with Crippen molar-refractivity contribution in [2.45, 2.75) is 18.7 Å². The first-order valence-corrected chi connectivity index (χ1v) is 5.25. The lowest BCUT2D eigenvalue weighted by atomic mass is 10.1. The van der Waals surface area contributed by atoms with Crippen molar-refractivity contribution in [1.29, 1.82) is 0 Å². The minimum Gasteiger partial charge on any atom is -0.377 e. The van der Waals surface area contributed by atoms with E-state index in [1.54, 1.807) is 0 Å². The highest BCUT2D eigenvalue weighted by Gasteiger charge is 2.41. The maximum Gasteiger partial charge on any atom is 0.421 e. The van der Waals surface area contributed by atoms with Gasteiger partial charge in [0, 0.05) is 24.5 Å². The molecule has 0 aliphatic rings. The Morgan fingerprint density at radius 1 is 1.32 bits per heavy atom. The molecule has 102 valence electrons. The van der Waals surface area contributed by atoms with Gasteiger partial charge in [0.05, 0.1) is 0 Å². The number of H-pyrrole nitrogens is 1. The second-order valence-electron chi connectivity index (χ2n) is 3.90. The minimum atomic E-state index is -4.78. The predicted octanol–water partition coefficient (Wildman–Crippen LogP) is 2.13. The standard InChI is InChI=1S/C11H9F4N3O/c12-8-4-6(1-2-16-8)3-7-5-17-10(18-7)9(19)11(13,14)15/h1-2,4-5,9,19H,3H2,(H,17,18)/t9-/m0/s1. The number of nitrogens with zero attached hydrogens (tertiary/aromatic N) is 2. The summed E-state index contributed by atoms with van der Waals surface area (Å²) in [4.78, 5) is 9.20. The summed E-state index contributed by atoms with van der Waals surface area (Å²) in [6.45, 7) is 0. The molecule has 19 heavy (non-hydrogen) atoms. The molecule has 1 atom stereocenters. The number of hydrogen-bond acceptors (Lipinski definition) is 3. The molecule has 0 aromatic carbocycles. The molecule has 2 aromatic heterocycles. The molecule has 0 saturated heterocycles. The maximum atomic E-state index is 12.8. The van der Waals surface area contributed by atoms with E-state index in [4.69, 9.17) is 5.11 Å². The molecule has 0 amide bonds. The fraction of sp³-hybridized carbons (Fsp3) is 0.273. The van der Waals surface area contributed by atoms with Gasteiger partial charge in [-0.25, -0.2) is 9.97 Å². The summed E-state index contributed by atoms with van der Waals surface area (Å²) in [7, 11) is 0. The zero-order chi connectivity index (χ0) is 14.0. The van der Waals surface area contributed by atoms with E-state index in [1.807, 2.05) is 0 Å². The van der Waals surface area contributed by atoms with Crippen LogP contribution in [0.3, 0.4) is 0 Å². The summed E-state index contributed by atoms with van der Waals surface area (Å²) < 4.78 is 49.6. The van der Waals surface area contributed by atoms with Crippen molar-refractivity contribution in [3.05, 3.63) is 47.6 Å². The molecule has 2 rings (SSSR count). The van der Waals surface area contributed by atoms with Crippen molar-refractivity contribution in [3.8, 4) is 0 Å². The number of imidazole rings is 1. The second-order valence-corrected chi connectivity index (χ2v) is 3.90. The molecule has 0 spiro atoms. The van der Waals surface area contributed by atoms with Crippen LogP contribution >= 0.6 is 0 Å². The van der Waals surface area contributed by atoms with Crippen LogP contribution in [0, 0.1) is 5.95 Å². The number of nitrogens with one attached hydrogen (secondary N) is 1. The molecular weight excluding hydrogens is 266 g/mol. The Bertz CT molecular complexity index is 567. The third-order valence-corrected chi connectivity index (χ3v) is 2.40. The average molecular weight is 275 g/mol. The van der Waals surface area contributed by atoms with E-state index < -0.39 is 24.1 Å². The predicted molar refractivity (Wildman–Crippen MR) is 56.6 cm³/mol. The van der Waals surface area contributed by atoms with Gasteiger partial charge in [-0.3, -0.25) is 0 Å². The van der Waals surface area contributed by atoms with Crippen LogP contribution < -0.4 is 0 Å². The summed E-state index contributed by atoms with van der Waals surface area (Å²) in [5.41, 5.74) is 0.869. The van der Waals surface area contributed by atoms with Crippen molar-refractivity contribution in [3.63, 3.8) is 0 Å². The maximum absolute atomic E-state index is 12.8. The van der Waals surface area contributed by atoms with Gasteiger partial charge in [0.25, 0.3) is 0 Å². The highest BCUT2D eigenvalue weighted by molar-refractivity contribution is 5.19. The van der Waals surface area contributed by atoms with Crippen LogP contribution in [0.25, 0.3) is 0 Å². The normalized spacial score (nSPS) is 13.5. The van der Waals surface area contributed by atoms with Crippen LogP contribution in [0.2, 0.25) is 0 Å². The third-order valence-electron chi connectivity index (χ3n) is 2.40. The molecule has 0 unspecified atom stereocenters. The van der Waals surface area contributed by atoms with Crippen molar-refractivity contribution in [2.24, 2.45) is 0 Å². The SMILES string of the molecule is O[C@@H](c1ncc(Cc2ccnc(F)c2)[nH]1)C(F)(F)F. The molecule has 0 aliphatic heterocycles. The first-order chi connectivity index (χ1) is 8.86. The van der Waals surface area contributed by atoms with Crippen molar-refractivity contribution >= 4 is 0 Å². The largest absolute Gasteiger partial charge is 0.421 e. The number of pyridine rings is 1. The summed E-state index contributed by atoms with van der Waals surface area (Å²) in [5, 5.41) is 8.99. The van der Waals surface area contributed by atoms with Crippen LogP contribution in [0.4, 0.5) is 17.6 Å². The number of halogens is 4. The number of aromatic nitrogens is 3. The highest BCUT2D eigenvalue weighted by atomic mass is 19.4. The van der Waals surface area contributed by atoms with E-state index in [-0.39, 0.29) is 6.42 Å². The van der Waals surface area contributed by atoms with E-state index in [1.165, 1.54) is 24.5 Å². The number of hydrogen-bond donors (Lipinski definition) is 2. The minimum absolute atomic E-state index is 0.164. The van der Waals surface area contributed by atoms with Crippen LogP contribution in [0.15, 0.2) is 24.5 Å². The quantitative estimate of drug-likeness (QED) is 0.666. The Morgan fingerprint density at radius 3 is 2.68 bits per heavy atom. The lowest BCUT2D eigenvalue weighted by Gasteiger charge is -2.11. The van der Waals surface area contributed by atoms with Crippen molar-refractivity contribution in [2.75, 3.05) is 0 Å². The van der Waals surface area contributed by atoms with Crippen LogP contribution in [-0.4, -0.2) is 26.2 Å². The lowest BCUT2D eigenvalue weighted by Crippen LogP contribution is -2.21. The van der Waals surface area contributed by atoms with Gasteiger partial charge in [-0.1, -0.05) is 0 Å². The Morgan fingerprint density at radius 2 is 2.05 bits per heavy atom. The molecule has 4 nitrogen and oxygen atoms in total. The summed E-state index contributed by atoms with van der Waals surface area (Å²) in [5.74, 6) is -1.26. The first-order valence-electron chi connectivity index (χ1n) is 5.25. The molecule has 0 fully saturated rings. The molecule has 0 aliphatic carbocycles. The topological polar surface area (TPSA) is 61.8 Å². The summed E-state index contributed by atoms with van der Waals surface area (Å²) in [6, 6.07) is 2.70. The number of aliphatic hydroxyl groups is 1. The van der Waals surface area contributed by atoms with Gasteiger partial charge in [0.1, 0.15) is 5.82 Å².